The van der Waals surface area contributed by atoms with Crippen LogP contribution in [0.4, 0.5) is 27.4 Å². The van der Waals surface area contributed by atoms with Crippen molar-refractivity contribution in [2.45, 2.75) is 19.4 Å². The number of pyridine rings is 1. The number of aliphatic hydroxyl groups is 1. The average Bonchev–Trinajstić information content (AvgIpc) is 2.93. The van der Waals surface area contributed by atoms with Gasteiger partial charge >= 0.3 is 0 Å². The van der Waals surface area contributed by atoms with E-state index in [0.29, 0.717) is 58.9 Å². The highest BCUT2D eigenvalue weighted by molar-refractivity contribution is 6.00. The third kappa shape index (κ3) is 6.76. The molecule has 41 heavy (non-hydrogen) atoms. The number of β-amino-alcohol motifs (C(OH)–C–C–N with tert-alkyl or cyclic N) is 1. The Labute approximate surface area is 236 Å². The lowest BCUT2D eigenvalue weighted by molar-refractivity contribution is -0.111. The molecule has 1 fully saturated rings. The second kappa shape index (κ2) is 11.5. The fourth-order valence-corrected chi connectivity index (χ4v) is 4.95. The zero-order valence-electron chi connectivity index (χ0n) is 22.9. The maximum absolute atomic E-state index is 15.2. The summed E-state index contributed by atoms with van der Waals surface area (Å²) in [5.74, 6) is -0.484. The molecular weight excluding hydrogens is 525 g/mol. The number of nitrogens with zero attached hydrogens (tertiary/aromatic N) is 4. The summed E-state index contributed by atoms with van der Waals surface area (Å²) in [6.45, 7) is 10.4. The van der Waals surface area contributed by atoms with Crippen molar-refractivity contribution >= 4 is 40.0 Å². The number of aromatic amines is 1. The van der Waals surface area contributed by atoms with Crippen molar-refractivity contribution in [2.24, 2.45) is 0 Å². The average molecular weight is 558 g/mol. The minimum absolute atomic E-state index is 0.231. The van der Waals surface area contributed by atoms with E-state index in [4.69, 9.17) is 0 Å². The number of anilines is 4. The van der Waals surface area contributed by atoms with Crippen LogP contribution in [-0.2, 0) is 4.79 Å². The van der Waals surface area contributed by atoms with Gasteiger partial charge in [-0.25, -0.2) is 14.4 Å². The van der Waals surface area contributed by atoms with Gasteiger partial charge in [-0.2, -0.15) is 0 Å². The summed E-state index contributed by atoms with van der Waals surface area (Å²) in [5.41, 5.74) is 2.58. The standard InChI is InChI=1S/C30H32FN7O3/c1-4-26(39)33-20-7-5-6-19(14-20)22-16-27(40)35-24-17-32-29(36-28(22)24)34-21-8-9-25(23(31)15-21)38-12-10-37(11-13-38)18-30(2,3)41/h4-9,14-17,41H,1,10-13,18H2,2-3H3,(H,33,39)(H,35,40)(H,32,34,36). The number of benzene rings is 2. The summed E-state index contributed by atoms with van der Waals surface area (Å²) in [7, 11) is 0. The van der Waals surface area contributed by atoms with E-state index in [9.17, 15) is 14.7 Å². The smallest absolute Gasteiger partial charge is 0.249 e. The molecule has 2 aromatic carbocycles. The maximum Gasteiger partial charge on any atom is 0.249 e. The molecule has 1 amide bonds. The first-order valence-electron chi connectivity index (χ1n) is 13.3. The summed E-state index contributed by atoms with van der Waals surface area (Å²) in [6.07, 6.45) is 2.67. The van der Waals surface area contributed by atoms with Crippen LogP contribution < -0.4 is 21.1 Å². The Balaban J connectivity index is 1.37. The van der Waals surface area contributed by atoms with Gasteiger partial charge in [-0.05, 0) is 55.8 Å². The first-order valence-corrected chi connectivity index (χ1v) is 13.3. The molecule has 4 aromatic rings. The van der Waals surface area contributed by atoms with Crippen LogP contribution in [0.15, 0.2) is 72.2 Å². The number of hydrogen-bond acceptors (Lipinski definition) is 8. The Bertz CT molecular complexity index is 1660. The van der Waals surface area contributed by atoms with Gasteiger partial charge in [0.15, 0.2) is 0 Å². The van der Waals surface area contributed by atoms with E-state index in [1.165, 1.54) is 24.4 Å². The number of hydrogen-bond donors (Lipinski definition) is 4. The van der Waals surface area contributed by atoms with E-state index in [0.717, 1.165) is 13.1 Å². The van der Waals surface area contributed by atoms with Gasteiger partial charge in [0, 0.05) is 55.7 Å². The molecule has 0 spiro atoms. The van der Waals surface area contributed by atoms with Crippen molar-refractivity contribution in [3.8, 4) is 11.1 Å². The molecule has 212 valence electrons. The van der Waals surface area contributed by atoms with E-state index in [2.05, 4.69) is 37.1 Å². The van der Waals surface area contributed by atoms with Gasteiger partial charge < -0.3 is 25.6 Å². The van der Waals surface area contributed by atoms with Gasteiger partial charge in [0.2, 0.25) is 17.4 Å². The fourth-order valence-electron chi connectivity index (χ4n) is 4.95. The molecule has 0 atom stereocenters. The minimum Gasteiger partial charge on any atom is -0.389 e. The first-order chi connectivity index (χ1) is 19.6. The molecule has 5 rings (SSSR count). The third-order valence-electron chi connectivity index (χ3n) is 6.73. The van der Waals surface area contributed by atoms with Gasteiger partial charge in [0.1, 0.15) is 11.3 Å². The molecule has 0 unspecified atom stereocenters. The van der Waals surface area contributed by atoms with Crippen molar-refractivity contribution in [1.82, 2.24) is 19.9 Å². The molecule has 11 heteroatoms. The van der Waals surface area contributed by atoms with Crippen LogP contribution in [0, 0.1) is 5.82 Å². The fraction of sp³-hybridized carbons (Fsp3) is 0.267. The number of H-pyrrole nitrogens is 1. The maximum atomic E-state index is 15.2. The summed E-state index contributed by atoms with van der Waals surface area (Å²) in [6, 6.07) is 13.4. The predicted octanol–water partition coefficient (Wildman–Crippen LogP) is 3.89. The second-order valence-electron chi connectivity index (χ2n) is 10.6. The number of piperazine rings is 1. The monoisotopic (exact) mass is 557 g/mol. The topological polar surface area (TPSA) is 126 Å². The number of carbonyl (C=O) groups excluding carboxylic acids is 1. The minimum atomic E-state index is -0.769. The summed E-state index contributed by atoms with van der Waals surface area (Å²) < 4.78 is 15.2. The number of fused-ring (bicyclic) bond motifs is 1. The lowest BCUT2D eigenvalue weighted by Crippen LogP contribution is -2.50. The zero-order chi connectivity index (χ0) is 29.1. The SMILES string of the molecule is C=CC(=O)Nc1cccc(-c2cc(=O)[nH]c3cnc(Nc4ccc(N5CCN(CC(C)(C)O)CC5)c(F)c4)nc23)c1. The van der Waals surface area contributed by atoms with Crippen LogP contribution in [0.2, 0.25) is 0 Å². The van der Waals surface area contributed by atoms with E-state index >= 15 is 4.39 Å². The molecule has 2 aromatic heterocycles. The molecule has 1 aliphatic rings. The molecule has 0 aliphatic carbocycles. The molecular formula is C30H32FN7O3. The van der Waals surface area contributed by atoms with Crippen LogP contribution in [0.1, 0.15) is 13.8 Å². The number of nitrogens with one attached hydrogen (secondary N) is 3. The van der Waals surface area contributed by atoms with Crippen molar-refractivity contribution in [3.05, 3.63) is 83.6 Å². The lowest BCUT2D eigenvalue weighted by Gasteiger charge is -2.38. The number of aromatic nitrogens is 3. The van der Waals surface area contributed by atoms with Crippen molar-refractivity contribution in [3.63, 3.8) is 0 Å². The molecule has 10 nitrogen and oxygen atoms in total. The van der Waals surface area contributed by atoms with Gasteiger partial charge in [0.25, 0.3) is 0 Å². The molecule has 3 heterocycles. The Morgan fingerprint density at radius 1 is 1.15 bits per heavy atom. The third-order valence-corrected chi connectivity index (χ3v) is 6.73. The Hall–Kier alpha value is -4.61. The highest BCUT2D eigenvalue weighted by Crippen LogP contribution is 2.29. The predicted molar refractivity (Wildman–Crippen MR) is 159 cm³/mol. The van der Waals surface area contributed by atoms with E-state index < -0.39 is 5.60 Å². The summed E-state index contributed by atoms with van der Waals surface area (Å²) in [4.78, 5) is 40.0. The van der Waals surface area contributed by atoms with Gasteiger partial charge in [-0.1, -0.05) is 18.7 Å². The van der Waals surface area contributed by atoms with Crippen molar-refractivity contribution < 1.29 is 14.3 Å². The Kier molecular flexibility index (Phi) is 7.82. The number of amides is 1. The summed E-state index contributed by atoms with van der Waals surface area (Å²) in [5, 5.41) is 15.9. The van der Waals surface area contributed by atoms with Crippen LogP contribution in [0.5, 0.6) is 0 Å². The van der Waals surface area contributed by atoms with Crippen LogP contribution in [0.3, 0.4) is 0 Å². The Morgan fingerprint density at radius 2 is 1.93 bits per heavy atom. The molecule has 0 bridgehead atoms. The lowest BCUT2D eigenvalue weighted by atomic mass is 10.0. The largest absolute Gasteiger partial charge is 0.389 e. The van der Waals surface area contributed by atoms with E-state index in [-0.39, 0.29) is 23.2 Å². The van der Waals surface area contributed by atoms with Crippen LogP contribution >= 0.6 is 0 Å². The molecule has 0 saturated carbocycles. The van der Waals surface area contributed by atoms with E-state index in [1.807, 2.05) is 11.0 Å². The van der Waals surface area contributed by atoms with E-state index in [1.54, 1.807) is 44.2 Å². The van der Waals surface area contributed by atoms with Crippen molar-refractivity contribution in [2.75, 3.05) is 48.3 Å². The van der Waals surface area contributed by atoms with Crippen molar-refractivity contribution in [1.29, 1.82) is 0 Å². The van der Waals surface area contributed by atoms with Gasteiger partial charge in [-0.15, -0.1) is 0 Å². The summed E-state index contributed by atoms with van der Waals surface area (Å²) >= 11 is 0. The second-order valence-corrected chi connectivity index (χ2v) is 10.6. The molecule has 1 saturated heterocycles. The quantitative estimate of drug-likeness (QED) is 0.241. The zero-order valence-corrected chi connectivity index (χ0v) is 22.9. The highest BCUT2D eigenvalue weighted by atomic mass is 19.1. The normalized spacial score (nSPS) is 14.2. The number of carbonyl (C=O) groups is 1. The molecule has 0 radical (unpaired) electrons. The molecule has 4 N–H and O–H groups in total. The number of halogens is 1. The number of rotatable bonds is 8. The molecule has 1 aliphatic heterocycles. The van der Waals surface area contributed by atoms with Crippen LogP contribution in [0.25, 0.3) is 22.2 Å². The highest BCUT2D eigenvalue weighted by Gasteiger charge is 2.24. The van der Waals surface area contributed by atoms with Crippen LogP contribution in [-0.4, -0.2) is 69.2 Å². The first kappa shape index (κ1) is 27.9. The van der Waals surface area contributed by atoms with Gasteiger partial charge in [-0.3, -0.25) is 14.5 Å². The van der Waals surface area contributed by atoms with Gasteiger partial charge in [0.05, 0.1) is 23.0 Å². The Morgan fingerprint density at radius 3 is 2.63 bits per heavy atom.